The highest BCUT2D eigenvalue weighted by Crippen LogP contribution is 2.16. The standard InChI is InChI=1S/C9H11IN2O/c10-9-7-8(1-2-11-9)12-3-5-13-6-4-12/h1-2,7H,3-6H2. The molecule has 0 N–H and O–H groups in total. The van der Waals surface area contributed by atoms with Crippen molar-refractivity contribution in [3.8, 4) is 0 Å². The number of rotatable bonds is 1. The zero-order chi connectivity index (χ0) is 9.10. The molecule has 1 aliphatic rings. The molecule has 0 unspecified atom stereocenters. The molecule has 13 heavy (non-hydrogen) atoms. The minimum atomic E-state index is 0.832. The van der Waals surface area contributed by atoms with E-state index in [-0.39, 0.29) is 0 Å². The number of anilines is 1. The predicted octanol–water partition coefficient (Wildman–Crippen LogP) is 1.52. The van der Waals surface area contributed by atoms with Crippen LogP contribution < -0.4 is 4.90 Å². The van der Waals surface area contributed by atoms with Crippen molar-refractivity contribution in [1.82, 2.24) is 4.98 Å². The van der Waals surface area contributed by atoms with E-state index >= 15 is 0 Å². The Morgan fingerprint density at radius 1 is 1.38 bits per heavy atom. The van der Waals surface area contributed by atoms with Gasteiger partial charge in [0.1, 0.15) is 3.70 Å². The van der Waals surface area contributed by atoms with Gasteiger partial charge in [-0.25, -0.2) is 0 Å². The van der Waals surface area contributed by atoms with Crippen molar-refractivity contribution < 1.29 is 4.74 Å². The SMILES string of the molecule is Ic1cc(N2CCOCC2)ccn1. The molecule has 70 valence electrons. The number of halogens is 1. The summed E-state index contributed by atoms with van der Waals surface area (Å²) in [7, 11) is 0. The number of morpholine rings is 1. The summed E-state index contributed by atoms with van der Waals surface area (Å²) in [6.45, 7) is 3.64. The van der Waals surface area contributed by atoms with Gasteiger partial charge in [-0.1, -0.05) is 0 Å². The highest BCUT2D eigenvalue weighted by atomic mass is 127. The Morgan fingerprint density at radius 3 is 2.85 bits per heavy atom. The third kappa shape index (κ3) is 2.31. The third-order valence-electron chi connectivity index (χ3n) is 2.09. The zero-order valence-electron chi connectivity index (χ0n) is 7.24. The second-order valence-corrected chi connectivity index (χ2v) is 4.04. The Kier molecular flexibility index (Phi) is 3.00. The molecule has 0 saturated carbocycles. The van der Waals surface area contributed by atoms with Gasteiger partial charge in [-0.05, 0) is 34.7 Å². The molecule has 2 rings (SSSR count). The van der Waals surface area contributed by atoms with Crippen LogP contribution in [0.4, 0.5) is 5.69 Å². The molecule has 1 saturated heterocycles. The molecule has 0 atom stereocenters. The van der Waals surface area contributed by atoms with Crippen LogP contribution in [0.2, 0.25) is 0 Å². The van der Waals surface area contributed by atoms with Crippen LogP contribution in [0.3, 0.4) is 0 Å². The molecule has 4 heteroatoms. The summed E-state index contributed by atoms with van der Waals surface area (Å²) in [5.41, 5.74) is 1.25. The van der Waals surface area contributed by atoms with Crippen molar-refractivity contribution in [3.63, 3.8) is 0 Å². The van der Waals surface area contributed by atoms with Gasteiger partial charge in [0.05, 0.1) is 13.2 Å². The van der Waals surface area contributed by atoms with E-state index in [1.165, 1.54) is 5.69 Å². The summed E-state index contributed by atoms with van der Waals surface area (Å²) in [5.74, 6) is 0. The monoisotopic (exact) mass is 290 g/mol. The molecule has 0 amide bonds. The average molecular weight is 290 g/mol. The first-order valence-electron chi connectivity index (χ1n) is 4.30. The molecule has 0 aromatic carbocycles. The van der Waals surface area contributed by atoms with Gasteiger partial charge in [0.2, 0.25) is 0 Å². The summed E-state index contributed by atoms with van der Waals surface area (Å²) in [6.07, 6.45) is 1.85. The molecule has 3 nitrogen and oxygen atoms in total. The summed E-state index contributed by atoms with van der Waals surface area (Å²) >= 11 is 2.23. The number of nitrogens with zero attached hydrogens (tertiary/aromatic N) is 2. The molecule has 1 fully saturated rings. The van der Waals surface area contributed by atoms with Crippen LogP contribution in [0.25, 0.3) is 0 Å². The van der Waals surface area contributed by atoms with Gasteiger partial charge >= 0.3 is 0 Å². The number of hydrogen-bond acceptors (Lipinski definition) is 3. The first-order chi connectivity index (χ1) is 6.36. The second kappa shape index (κ2) is 4.23. The van der Waals surface area contributed by atoms with E-state index in [2.05, 4.69) is 38.5 Å². The van der Waals surface area contributed by atoms with Crippen LogP contribution in [0, 0.1) is 3.70 Å². The number of pyridine rings is 1. The van der Waals surface area contributed by atoms with Crippen LogP contribution in [0.1, 0.15) is 0 Å². The number of ether oxygens (including phenoxy) is 1. The molecular weight excluding hydrogens is 279 g/mol. The zero-order valence-corrected chi connectivity index (χ0v) is 9.40. The van der Waals surface area contributed by atoms with Gasteiger partial charge in [-0.15, -0.1) is 0 Å². The molecule has 1 aromatic rings. The molecule has 0 spiro atoms. The third-order valence-corrected chi connectivity index (χ3v) is 2.68. The Morgan fingerprint density at radius 2 is 2.15 bits per heavy atom. The van der Waals surface area contributed by atoms with Gasteiger partial charge < -0.3 is 9.64 Å². The maximum atomic E-state index is 5.29. The maximum Gasteiger partial charge on any atom is 0.103 e. The Labute approximate surface area is 91.2 Å². The molecule has 0 radical (unpaired) electrons. The first kappa shape index (κ1) is 9.21. The molecule has 0 bridgehead atoms. The van der Waals surface area contributed by atoms with Crippen molar-refractivity contribution in [2.24, 2.45) is 0 Å². The van der Waals surface area contributed by atoms with Crippen molar-refractivity contribution in [1.29, 1.82) is 0 Å². The van der Waals surface area contributed by atoms with E-state index in [0.717, 1.165) is 30.0 Å². The smallest absolute Gasteiger partial charge is 0.103 e. The van der Waals surface area contributed by atoms with Gasteiger partial charge in [0.15, 0.2) is 0 Å². The van der Waals surface area contributed by atoms with Crippen LogP contribution in [0.15, 0.2) is 18.3 Å². The van der Waals surface area contributed by atoms with Crippen LogP contribution in [-0.4, -0.2) is 31.3 Å². The van der Waals surface area contributed by atoms with Crippen molar-refractivity contribution in [2.75, 3.05) is 31.2 Å². The van der Waals surface area contributed by atoms with Gasteiger partial charge in [-0.3, -0.25) is 4.98 Å². The van der Waals surface area contributed by atoms with E-state index in [9.17, 15) is 0 Å². The van der Waals surface area contributed by atoms with E-state index < -0.39 is 0 Å². The lowest BCUT2D eigenvalue weighted by Crippen LogP contribution is -2.36. The number of hydrogen-bond donors (Lipinski definition) is 0. The van der Waals surface area contributed by atoms with Crippen LogP contribution in [-0.2, 0) is 4.74 Å². The summed E-state index contributed by atoms with van der Waals surface area (Å²) in [4.78, 5) is 6.49. The lowest BCUT2D eigenvalue weighted by atomic mass is 10.3. The molecular formula is C9H11IN2O. The Balaban J connectivity index is 2.14. The van der Waals surface area contributed by atoms with Gasteiger partial charge in [0, 0.05) is 25.0 Å². The van der Waals surface area contributed by atoms with Crippen molar-refractivity contribution in [2.45, 2.75) is 0 Å². The van der Waals surface area contributed by atoms with Gasteiger partial charge in [-0.2, -0.15) is 0 Å². The fourth-order valence-electron chi connectivity index (χ4n) is 1.41. The van der Waals surface area contributed by atoms with Crippen molar-refractivity contribution >= 4 is 28.3 Å². The number of aromatic nitrogens is 1. The lowest BCUT2D eigenvalue weighted by molar-refractivity contribution is 0.122. The lowest BCUT2D eigenvalue weighted by Gasteiger charge is -2.28. The quantitative estimate of drug-likeness (QED) is 0.579. The molecule has 2 heterocycles. The van der Waals surface area contributed by atoms with Crippen molar-refractivity contribution in [3.05, 3.63) is 22.0 Å². The maximum absolute atomic E-state index is 5.29. The highest BCUT2D eigenvalue weighted by Gasteiger charge is 2.10. The largest absolute Gasteiger partial charge is 0.378 e. The Hall–Kier alpha value is -0.360. The van der Waals surface area contributed by atoms with E-state index in [4.69, 9.17) is 4.74 Å². The predicted molar refractivity (Wildman–Crippen MR) is 60.0 cm³/mol. The first-order valence-corrected chi connectivity index (χ1v) is 5.38. The topological polar surface area (TPSA) is 25.4 Å². The van der Waals surface area contributed by atoms with Crippen LogP contribution >= 0.6 is 22.6 Å². The summed E-state index contributed by atoms with van der Waals surface area (Å²) < 4.78 is 6.34. The summed E-state index contributed by atoms with van der Waals surface area (Å²) in [6, 6.07) is 4.15. The average Bonchev–Trinajstić information content (AvgIpc) is 2.19. The fraction of sp³-hybridized carbons (Fsp3) is 0.444. The normalized spacial score (nSPS) is 17.5. The van der Waals surface area contributed by atoms with E-state index in [1.807, 2.05) is 12.3 Å². The minimum Gasteiger partial charge on any atom is -0.378 e. The molecule has 1 aromatic heterocycles. The van der Waals surface area contributed by atoms with E-state index in [0.29, 0.717) is 0 Å². The highest BCUT2D eigenvalue weighted by molar-refractivity contribution is 14.1. The minimum absolute atomic E-state index is 0.832. The fourth-order valence-corrected chi connectivity index (χ4v) is 1.89. The second-order valence-electron chi connectivity index (χ2n) is 2.94. The van der Waals surface area contributed by atoms with E-state index in [1.54, 1.807) is 0 Å². The van der Waals surface area contributed by atoms with Crippen LogP contribution in [0.5, 0.6) is 0 Å². The molecule has 0 aliphatic carbocycles. The molecule has 1 aliphatic heterocycles. The Bertz CT molecular complexity index is 287. The summed E-state index contributed by atoms with van der Waals surface area (Å²) in [5, 5.41) is 0. The van der Waals surface area contributed by atoms with Gasteiger partial charge in [0.25, 0.3) is 0 Å².